The van der Waals surface area contributed by atoms with E-state index in [0.717, 1.165) is 22.4 Å². The van der Waals surface area contributed by atoms with Gasteiger partial charge in [-0.15, -0.1) is 12.4 Å². The molecule has 0 fully saturated rings. The smallest absolute Gasteiger partial charge is 0.262 e. The molecule has 0 aliphatic rings. The van der Waals surface area contributed by atoms with Crippen molar-refractivity contribution in [1.82, 2.24) is 0 Å². The Morgan fingerprint density at radius 2 is 1.88 bits per heavy atom. The van der Waals surface area contributed by atoms with Crippen LogP contribution >= 0.6 is 12.4 Å². The minimum atomic E-state index is -0.199. The van der Waals surface area contributed by atoms with Crippen LogP contribution in [0.25, 0.3) is 0 Å². The number of nitrogen functional groups attached to an aromatic ring is 1. The molecule has 2 aromatic carbocycles. The zero-order valence-electron chi connectivity index (χ0n) is 14.6. The highest BCUT2D eigenvalue weighted by Crippen LogP contribution is 2.27. The highest BCUT2D eigenvalue weighted by molar-refractivity contribution is 5.93. The Morgan fingerprint density at radius 1 is 1.17 bits per heavy atom. The molecule has 0 bridgehead atoms. The van der Waals surface area contributed by atoms with Gasteiger partial charge in [-0.1, -0.05) is 32.0 Å². The summed E-state index contributed by atoms with van der Waals surface area (Å²) >= 11 is 0. The highest BCUT2D eigenvalue weighted by Gasteiger charge is 2.11. The van der Waals surface area contributed by atoms with Gasteiger partial charge in [0.1, 0.15) is 5.75 Å². The normalized spacial score (nSPS) is 10.2. The third-order valence-corrected chi connectivity index (χ3v) is 3.69. The minimum absolute atomic E-state index is 0. The van der Waals surface area contributed by atoms with Crippen LogP contribution in [0, 0.1) is 13.8 Å². The minimum Gasteiger partial charge on any atom is -0.483 e. The molecule has 1 amide bonds. The zero-order chi connectivity index (χ0) is 17.0. The summed E-state index contributed by atoms with van der Waals surface area (Å²) in [5.41, 5.74) is 10.3. The fourth-order valence-electron chi connectivity index (χ4n) is 2.35. The molecule has 0 radical (unpaired) electrons. The van der Waals surface area contributed by atoms with Crippen LogP contribution in [0.1, 0.15) is 36.5 Å². The number of benzene rings is 2. The van der Waals surface area contributed by atoms with Gasteiger partial charge in [-0.2, -0.15) is 0 Å². The van der Waals surface area contributed by atoms with Gasteiger partial charge >= 0.3 is 0 Å². The van der Waals surface area contributed by atoms with Crippen molar-refractivity contribution < 1.29 is 9.53 Å². The summed E-state index contributed by atoms with van der Waals surface area (Å²) < 4.78 is 5.74. The summed E-state index contributed by atoms with van der Waals surface area (Å²) in [6.45, 7) is 8.11. The van der Waals surface area contributed by atoms with E-state index >= 15 is 0 Å². The maximum Gasteiger partial charge on any atom is 0.262 e. The zero-order valence-corrected chi connectivity index (χ0v) is 15.4. The first-order chi connectivity index (χ1) is 10.9. The average molecular weight is 349 g/mol. The average Bonchev–Trinajstić information content (AvgIpc) is 2.48. The summed E-state index contributed by atoms with van der Waals surface area (Å²) in [6.07, 6.45) is 0. The lowest BCUT2D eigenvalue weighted by Gasteiger charge is -2.15. The Kier molecular flexibility index (Phi) is 7.11. The molecule has 0 aromatic heterocycles. The van der Waals surface area contributed by atoms with Crippen molar-refractivity contribution >= 4 is 29.7 Å². The molecule has 2 aromatic rings. The van der Waals surface area contributed by atoms with Gasteiger partial charge < -0.3 is 15.8 Å². The Balaban J connectivity index is 0.00000288. The predicted octanol–water partition coefficient (Wildman–Crippen LogP) is 4.45. The molecular formula is C19H25ClN2O2. The SMILES string of the molecule is Cc1ccc(C(C)C)c(OCC(=O)Nc2cc(N)ccc2C)c1.Cl. The number of amides is 1. The molecule has 2 rings (SSSR count). The number of hydrogen-bond donors (Lipinski definition) is 2. The van der Waals surface area contributed by atoms with Crippen LogP contribution in [-0.4, -0.2) is 12.5 Å². The number of carbonyl (C=O) groups is 1. The van der Waals surface area contributed by atoms with Crippen molar-refractivity contribution in [2.24, 2.45) is 0 Å². The number of hydrogen-bond acceptors (Lipinski definition) is 3. The molecule has 0 aliphatic carbocycles. The van der Waals surface area contributed by atoms with Crippen molar-refractivity contribution in [2.45, 2.75) is 33.6 Å². The summed E-state index contributed by atoms with van der Waals surface area (Å²) in [7, 11) is 0. The summed E-state index contributed by atoms with van der Waals surface area (Å²) in [5, 5.41) is 2.84. The largest absolute Gasteiger partial charge is 0.483 e. The van der Waals surface area contributed by atoms with Gasteiger partial charge in [0, 0.05) is 11.4 Å². The molecule has 4 nitrogen and oxygen atoms in total. The second-order valence-electron chi connectivity index (χ2n) is 6.11. The van der Waals surface area contributed by atoms with E-state index < -0.39 is 0 Å². The van der Waals surface area contributed by atoms with Gasteiger partial charge in [-0.25, -0.2) is 0 Å². The number of rotatable bonds is 5. The number of carbonyl (C=O) groups excluding carboxylic acids is 1. The Morgan fingerprint density at radius 3 is 2.54 bits per heavy atom. The number of nitrogens with one attached hydrogen (secondary N) is 1. The number of anilines is 2. The van der Waals surface area contributed by atoms with Crippen LogP contribution in [0.4, 0.5) is 11.4 Å². The molecule has 0 saturated carbocycles. The van der Waals surface area contributed by atoms with E-state index in [0.29, 0.717) is 17.3 Å². The molecule has 0 spiro atoms. The second-order valence-corrected chi connectivity index (χ2v) is 6.11. The van der Waals surface area contributed by atoms with Crippen molar-refractivity contribution in [3.8, 4) is 5.75 Å². The molecule has 130 valence electrons. The number of aryl methyl sites for hydroxylation is 2. The lowest BCUT2D eigenvalue weighted by molar-refractivity contribution is -0.118. The standard InChI is InChI=1S/C19H24N2O2.ClH/c1-12(2)16-8-5-13(3)9-18(16)23-11-19(22)21-17-10-15(20)7-6-14(17)4;/h5-10,12H,11,20H2,1-4H3,(H,21,22);1H. The molecule has 0 saturated heterocycles. The van der Waals surface area contributed by atoms with Gasteiger partial charge in [0.15, 0.2) is 6.61 Å². The highest BCUT2D eigenvalue weighted by atomic mass is 35.5. The maximum atomic E-state index is 12.1. The number of halogens is 1. The second kappa shape index (κ2) is 8.60. The number of ether oxygens (including phenoxy) is 1. The lowest BCUT2D eigenvalue weighted by Crippen LogP contribution is -2.21. The van der Waals surface area contributed by atoms with Crippen molar-refractivity contribution in [1.29, 1.82) is 0 Å². The van der Waals surface area contributed by atoms with E-state index in [2.05, 4.69) is 31.3 Å². The van der Waals surface area contributed by atoms with Crippen molar-refractivity contribution in [3.05, 3.63) is 53.1 Å². The van der Waals surface area contributed by atoms with Gasteiger partial charge in [0.25, 0.3) is 5.91 Å². The molecule has 0 atom stereocenters. The molecule has 3 N–H and O–H groups in total. The Labute approximate surface area is 149 Å². The van der Waals surface area contributed by atoms with Crippen LogP contribution in [-0.2, 0) is 4.79 Å². The Bertz CT molecular complexity index is 715. The van der Waals surface area contributed by atoms with Crippen molar-refractivity contribution in [2.75, 3.05) is 17.7 Å². The van der Waals surface area contributed by atoms with Gasteiger partial charge in [0.05, 0.1) is 0 Å². The third kappa shape index (κ3) is 5.17. The van der Waals surface area contributed by atoms with E-state index in [9.17, 15) is 4.79 Å². The molecule has 24 heavy (non-hydrogen) atoms. The van der Waals surface area contributed by atoms with E-state index in [4.69, 9.17) is 10.5 Å². The van der Waals surface area contributed by atoms with Gasteiger partial charge in [0.2, 0.25) is 0 Å². The molecule has 0 heterocycles. The molecular weight excluding hydrogens is 324 g/mol. The van der Waals surface area contributed by atoms with E-state index in [-0.39, 0.29) is 24.9 Å². The van der Waals surface area contributed by atoms with E-state index in [1.807, 2.05) is 32.0 Å². The van der Waals surface area contributed by atoms with Crippen LogP contribution in [0.5, 0.6) is 5.75 Å². The van der Waals surface area contributed by atoms with Crippen LogP contribution in [0.2, 0.25) is 0 Å². The molecule has 0 unspecified atom stereocenters. The Hall–Kier alpha value is -2.20. The van der Waals surface area contributed by atoms with Crippen LogP contribution < -0.4 is 15.8 Å². The van der Waals surface area contributed by atoms with Crippen LogP contribution in [0.15, 0.2) is 36.4 Å². The lowest BCUT2D eigenvalue weighted by atomic mass is 10.0. The summed E-state index contributed by atoms with van der Waals surface area (Å²) in [6, 6.07) is 11.5. The van der Waals surface area contributed by atoms with E-state index in [1.165, 1.54) is 0 Å². The predicted molar refractivity (Wildman–Crippen MR) is 102 cm³/mol. The summed E-state index contributed by atoms with van der Waals surface area (Å²) in [5.74, 6) is 0.902. The van der Waals surface area contributed by atoms with Crippen molar-refractivity contribution in [3.63, 3.8) is 0 Å². The fraction of sp³-hybridized carbons (Fsp3) is 0.316. The third-order valence-electron chi connectivity index (χ3n) is 3.69. The van der Waals surface area contributed by atoms with Gasteiger partial charge in [-0.05, 0) is 54.7 Å². The molecule has 5 heteroatoms. The van der Waals surface area contributed by atoms with Gasteiger partial charge in [-0.3, -0.25) is 4.79 Å². The first-order valence-corrected chi connectivity index (χ1v) is 7.76. The number of nitrogens with two attached hydrogens (primary N) is 1. The van der Waals surface area contributed by atoms with E-state index in [1.54, 1.807) is 6.07 Å². The summed E-state index contributed by atoms with van der Waals surface area (Å²) in [4.78, 5) is 12.1. The van der Waals surface area contributed by atoms with Crippen LogP contribution in [0.3, 0.4) is 0 Å². The maximum absolute atomic E-state index is 12.1. The fourth-order valence-corrected chi connectivity index (χ4v) is 2.35. The molecule has 0 aliphatic heterocycles. The monoisotopic (exact) mass is 348 g/mol. The quantitative estimate of drug-likeness (QED) is 0.784. The first kappa shape index (κ1) is 19.8. The first-order valence-electron chi connectivity index (χ1n) is 7.76. The topological polar surface area (TPSA) is 64.3 Å².